The molecule has 1 aliphatic carbocycles. The molecule has 1 saturated carbocycles. The molecule has 0 amide bonds. The van der Waals surface area contributed by atoms with Crippen molar-refractivity contribution in [3.8, 4) is 11.5 Å². The average molecular weight is 357 g/mol. The summed E-state index contributed by atoms with van der Waals surface area (Å²) in [5.41, 5.74) is 11.0. The SMILES string of the molecule is C=Cc1cc2c(cc1[C@@H]1[C@@H](N=[N+]=[N-])[C@@H]3OC(C)(C)O[C@@H]3[C@H]3O[C@H]31)OCO2. The van der Waals surface area contributed by atoms with Gasteiger partial charge in [0.15, 0.2) is 17.3 Å². The van der Waals surface area contributed by atoms with Crippen LogP contribution in [0.4, 0.5) is 0 Å². The van der Waals surface area contributed by atoms with Crippen LogP contribution in [0.3, 0.4) is 0 Å². The molecule has 2 saturated heterocycles. The summed E-state index contributed by atoms with van der Waals surface area (Å²) in [6.45, 7) is 7.83. The van der Waals surface area contributed by atoms with E-state index in [4.69, 9.17) is 23.7 Å². The lowest BCUT2D eigenvalue weighted by Gasteiger charge is -2.33. The van der Waals surface area contributed by atoms with E-state index in [1.165, 1.54) is 0 Å². The summed E-state index contributed by atoms with van der Waals surface area (Å²) in [7, 11) is 0. The van der Waals surface area contributed by atoms with Crippen molar-refractivity contribution in [2.24, 2.45) is 5.11 Å². The van der Waals surface area contributed by atoms with Crippen molar-refractivity contribution in [1.82, 2.24) is 0 Å². The highest BCUT2D eigenvalue weighted by Crippen LogP contribution is 2.54. The number of hydrogen-bond acceptors (Lipinski definition) is 6. The lowest BCUT2D eigenvalue weighted by Crippen LogP contribution is -2.47. The smallest absolute Gasteiger partial charge is 0.231 e. The summed E-state index contributed by atoms with van der Waals surface area (Å²) in [5, 5.41) is 4.08. The molecule has 0 spiro atoms. The van der Waals surface area contributed by atoms with Crippen molar-refractivity contribution in [3.63, 3.8) is 0 Å². The van der Waals surface area contributed by atoms with Gasteiger partial charge < -0.3 is 23.7 Å². The molecule has 136 valence electrons. The fourth-order valence-electron chi connectivity index (χ4n) is 4.42. The van der Waals surface area contributed by atoms with Gasteiger partial charge in [0.25, 0.3) is 0 Å². The van der Waals surface area contributed by atoms with E-state index >= 15 is 0 Å². The molecule has 26 heavy (non-hydrogen) atoms. The molecule has 5 rings (SSSR count). The Morgan fingerprint density at radius 1 is 1.15 bits per heavy atom. The summed E-state index contributed by atoms with van der Waals surface area (Å²) >= 11 is 0. The Bertz CT molecular complexity index is 834. The molecule has 8 nitrogen and oxygen atoms in total. The second-order valence-electron chi connectivity index (χ2n) is 7.39. The van der Waals surface area contributed by atoms with Crippen LogP contribution in [0, 0.1) is 0 Å². The van der Waals surface area contributed by atoms with Crippen molar-refractivity contribution in [3.05, 3.63) is 40.3 Å². The first-order chi connectivity index (χ1) is 12.5. The molecular weight excluding hydrogens is 338 g/mol. The first kappa shape index (κ1) is 16.0. The highest BCUT2D eigenvalue weighted by molar-refractivity contribution is 5.61. The number of benzene rings is 1. The van der Waals surface area contributed by atoms with Gasteiger partial charge in [-0.3, -0.25) is 0 Å². The van der Waals surface area contributed by atoms with Gasteiger partial charge in [0, 0.05) is 10.8 Å². The number of fused-ring (bicyclic) bond motifs is 4. The monoisotopic (exact) mass is 357 g/mol. The lowest BCUT2D eigenvalue weighted by molar-refractivity contribution is -0.149. The van der Waals surface area contributed by atoms with E-state index in [0.29, 0.717) is 11.5 Å². The van der Waals surface area contributed by atoms with Gasteiger partial charge in [-0.25, -0.2) is 0 Å². The topological polar surface area (TPSA) is 98.2 Å². The van der Waals surface area contributed by atoms with Crippen LogP contribution in [-0.2, 0) is 14.2 Å². The molecule has 3 heterocycles. The third kappa shape index (κ3) is 2.23. The van der Waals surface area contributed by atoms with Crippen LogP contribution in [-0.4, -0.2) is 43.0 Å². The maximum Gasteiger partial charge on any atom is 0.231 e. The molecule has 8 heteroatoms. The van der Waals surface area contributed by atoms with E-state index in [9.17, 15) is 5.53 Å². The number of azide groups is 1. The number of nitrogens with zero attached hydrogens (tertiary/aromatic N) is 3. The van der Waals surface area contributed by atoms with Gasteiger partial charge in [-0.05, 0) is 42.6 Å². The summed E-state index contributed by atoms with van der Waals surface area (Å²) in [4.78, 5) is 3.08. The van der Waals surface area contributed by atoms with Gasteiger partial charge in [0.2, 0.25) is 6.79 Å². The molecule has 6 atom stereocenters. The minimum absolute atomic E-state index is 0.0694. The predicted octanol–water partition coefficient (Wildman–Crippen LogP) is 3.12. The van der Waals surface area contributed by atoms with Gasteiger partial charge in [-0.2, -0.15) is 0 Å². The van der Waals surface area contributed by atoms with Crippen LogP contribution in [0.25, 0.3) is 16.5 Å². The van der Waals surface area contributed by atoms with Crippen molar-refractivity contribution in [1.29, 1.82) is 0 Å². The lowest BCUT2D eigenvalue weighted by atomic mass is 9.76. The molecule has 0 N–H and O–H groups in total. The minimum atomic E-state index is -0.736. The molecule has 0 unspecified atom stereocenters. The van der Waals surface area contributed by atoms with Crippen molar-refractivity contribution in [2.45, 2.75) is 56.0 Å². The summed E-state index contributed by atoms with van der Waals surface area (Å²) in [6, 6.07) is 3.39. The summed E-state index contributed by atoms with van der Waals surface area (Å²) < 4.78 is 29.0. The zero-order valence-electron chi connectivity index (χ0n) is 14.5. The van der Waals surface area contributed by atoms with Gasteiger partial charge in [0.1, 0.15) is 12.2 Å². The highest BCUT2D eigenvalue weighted by atomic mass is 16.8. The number of rotatable bonds is 3. The Morgan fingerprint density at radius 3 is 2.62 bits per heavy atom. The van der Waals surface area contributed by atoms with Crippen molar-refractivity contribution in [2.75, 3.05) is 6.79 Å². The van der Waals surface area contributed by atoms with Crippen molar-refractivity contribution >= 4 is 6.08 Å². The first-order valence-electron chi connectivity index (χ1n) is 8.64. The zero-order chi connectivity index (χ0) is 18.1. The average Bonchev–Trinajstić information content (AvgIpc) is 3.13. The molecule has 1 aromatic carbocycles. The van der Waals surface area contributed by atoms with Gasteiger partial charge in [-0.1, -0.05) is 17.8 Å². The van der Waals surface area contributed by atoms with E-state index in [1.807, 2.05) is 26.0 Å². The van der Waals surface area contributed by atoms with E-state index in [-0.39, 0.29) is 37.1 Å². The number of ether oxygens (including phenoxy) is 5. The van der Waals surface area contributed by atoms with Crippen LogP contribution in [0.15, 0.2) is 23.8 Å². The van der Waals surface area contributed by atoms with Gasteiger partial charge >= 0.3 is 0 Å². The van der Waals surface area contributed by atoms with E-state index in [2.05, 4.69) is 16.6 Å². The Balaban J connectivity index is 1.61. The van der Waals surface area contributed by atoms with Gasteiger partial charge in [-0.15, -0.1) is 0 Å². The quantitative estimate of drug-likeness (QED) is 0.358. The van der Waals surface area contributed by atoms with Crippen LogP contribution < -0.4 is 9.47 Å². The Labute approximate surface area is 150 Å². The Kier molecular flexibility index (Phi) is 3.30. The van der Waals surface area contributed by atoms with Crippen LogP contribution in [0.1, 0.15) is 30.9 Å². The number of epoxide rings is 1. The van der Waals surface area contributed by atoms with Crippen molar-refractivity contribution < 1.29 is 23.7 Å². The Hall–Kier alpha value is -2.25. The molecule has 0 radical (unpaired) electrons. The third-order valence-electron chi connectivity index (χ3n) is 5.45. The van der Waals surface area contributed by atoms with Crippen LogP contribution in [0.5, 0.6) is 11.5 Å². The molecule has 0 bridgehead atoms. The molecule has 3 fully saturated rings. The second kappa shape index (κ2) is 5.37. The molecule has 3 aliphatic heterocycles. The Morgan fingerprint density at radius 2 is 1.88 bits per heavy atom. The maximum absolute atomic E-state index is 9.17. The second-order valence-corrected chi connectivity index (χ2v) is 7.39. The minimum Gasteiger partial charge on any atom is -0.454 e. The molecule has 4 aliphatic rings. The largest absolute Gasteiger partial charge is 0.454 e. The van der Waals surface area contributed by atoms with Crippen LogP contribution >= 0.6 is 0 Å². The van der Waals surface area contributed by atoms with E-state index < -0.39 is 11.8 Å². The standard InChI is InChI=1S/C18H19N3O5/c1-4-8-5-10-11(23-7-22-10)6-9(8)12-13(20-21-19)15-17(16-14(12)24-16)26-18(2,3)25-15/h4-6,12-17H,1,7H2,2-3H3/t12-,13-,14+,15+,16+,17+/m1/s1. The normalized spacial score (nSPS) is 38.1. The molecular formula is C18H19N3O5. The van der Waals surface area contributed by atoms with Gasteiger partial charge in [0.05, 0.1) is 18.2 Å². The van der Waals surface area contributed by atoms with Crippen LogP contribution in [0.2, 0.25) is 0 Å². The predicted molar refractivity (Wildman–Crippen MR) is 90.8 cm³/mol. The zero-order valence-corrected chi connectivity index (χ0v) is 14.5. The maximum atomic E-state index is 9.17. The number of hydrogen-bond donors (Lipinski definition) is 0. The highest BCUT2D eigenvalue weighted by Gasteiger charge is 2.66. The fourth-order valence-corrected chi connectivity index (χ4v) is 4.42. The molecule has 0 aromatic heterocycles. The summed E-state index contributed by atoms with van der Waals surface area (Å²) in [5.74, 6) is 0.457. The van der Waals surface area contributed by atoms with E-state index in [0.717, 1.165) is 11.1 Å². The third-order valence-corrected chi connectivity index (χ3v) is 5.45. The van der Waals surface area contributed by atoms with E-state index in [1.54, 1.807) is 6.08 Å². The summed E-state index contributed by atoms with van der Waals surface area (Å²) in [6.07, 6.45) is 1.01. The fraction of sp³-hybridized carbons (Fsp3) is 0.556. The first-order valence-corrected chi connectivity index (χ1v) is 8.64. The molecule has 1 aromatic rings.